The van der Waals surface area contributed by atoms with Gasteiger partial charge in [0.25, 0.3) is 0 Å². The average Bonchev–Trinajstić information content (AvgIpc) is 2.08. The summed E-state index contributed by atoms with van der Waals surface area (Å²) in [5.74, 6) is 0.177. The summed E-state index contributed by atoms with van der Waals surface area (Å²) in [6.45, 7) is 0. The molecule has 0 saturated carbocycles. The molecule has 1 aromatic carbocycles. The molecule has 0 aromatic heterocycles. The molecule has 70 valence electrons. The molecular formula is C10H12ClNO. The third-order valence-corrected chi connectivity index (χ3v) is 2.84. The lowest BCUT2D eigenvalue weighted by Gasteiger charge is -2.21. The van der Waals surface area contributed by atoms with Crippen LogP contribution in [0.5, 0.6) is 5.75 Å². The fourth-order valence-corrected chi connectivity index (χ4v) is 1.98. The Bertz CT molecular complexity index is 338. The normalized spacial score (nSPS) is 21.2. The molecule has 1 atom stereocenters. The zero-order chi connectivity index (χ0) is 9.42. The van der Waals surface area contributed by atoms with Crippen LogP contribution in [-0.2, 0) is 12.8 Å². The van der Waals surface area contributed by atoms with E-state index in [0.29, 0.717) is 5.02 Å². The maximum atomic E-state index is 9.38. The van der Waals surface area contributed by atoms with E-state index >= 15 is 0 Å². The van der Waals surface area contributed by atoms with Crippen LogP contribution in [-0.4, -0.2) is 11.1 Å². The van der Waals surface area contributed by atoms with E-state index in [1.807, 2.05) is 6.07 Å². The van der Waals surface area contributed by atoms with E-state index < -0.39 is 0 Å². The average molecular weight is 198 g/mol. The highest BCUT2D eigenvalue weighted by Gasteiger charge is 2.16. The third-order valence-electron chi connectivity index (χ3n) is 2.54. The molecule has 3 N–H and O–H groups in total. The van der Waals surface area contributed by atoms with Crippen molar-refractivity contribution < 1.29 is 5.11 Å². The highest BCUT2D eigenvalue weighted by Crippen LogP contribution is 2.30. The van der Waals surface area contributed by atoms with Gasteiger partial charge < -0.3 is 10.8 Å². The molecule has 1 unspecified atom stereocenters. The van der Waals surface area contributed by atoms with Gasteiger partial charge in [0.2, 0.25) is 0 Å². The first-order chi connectivity index (χ1) is 6.16. The second kappa shape index (κ2) is 3.20. The van der Waals surface area contributed by atoms with Crippen LogP contribution < -0.4 is 5.73 Å². The molecule has 0 bridgehead atoms. The Morgan fingerprint density at radius 2 is 2.15 bits per heavy atom. The van der Waals surface area contributed by atoms with Gasteiger partial charge in [0.1, 0.15) is 5.75 Å². The highest BCUT2D eigenvalue weighted by atomic mass is 35.5. The number of hydrogen-bond donors (Lipinski definition) is 2. The quantitative estimate of drug-likeness (QED) is 0.667. The van der Waals surface area contributed by atoms with Gasteiger partial charge in [0, 0.05) is 6.04 Å². The van der Waals surface area contributed by atoms with Crippen LogP contribution in [0.15, 0.2) is 12.1 Å². The lowest BCUT2D eigenvalue weighted by Crippen LogP contribution is -2.27. The molecule has 1 aromatic rings. The van der Waals surface area contributed by atoms with Crippen molar-refractivity contribution in [1.29, 1.82) is 0 Å². The number of hydrogen-bond acceptors (Lipinski definition) is 2. The SMILES string of the molecule is NC1CCc2cc(O)c(Cl)cc2C1. The number of halogens is 1. The second-order valence-electron chi connectivity index (χ2n) is 3.58. The predicted octanol–water partition coefficient (Wildman–Crippen LogP) is 1.86. The van der Waals surface area contributed by atoms with E-state index in [-0.39, 0.29) is 11.8 Å². The van der Waals surface area contributed by atoms with E-state index in [4.69, 9.17) is 17.3 Å². The molecule has 0 radical (unpaired) electrons. The van der Waals surface area contributed by atoms with Crippen LogP contribution >= 0.6 is 11.6 Å². The maximum absolute atomic E-state index is 9.38. The number of fused-ring (bicyclic) bond motifs is 1. The van der Waals surface area contributed by atoms with Crippen molar-refractivity contribution in [3.63, 3.8) is 0 Å². The van der Waals surface area contributed by atoms with Gasteiger partial charge >= 0.3 is 0 Å². The van der Waals surface area contributed by atoms with Crippen LogP contribution in [0.1, 0.15) is 17.5 Å². The lowest BCUT2D eigenvalue weighted by molar-refractivity contribution is 0.472. The van der Waals surface area contributed by atoms with E-state index in [1.165, 1.54) is 11.1 Å². The van der Waals surface area contributed by atoms with Gasteiger partial charge in [-0.25, -0.2) is 0 Å². The van der Waals surface area contributed by atoms with Crippen LogP contribution in [0.2, 0.25) is 5.02 Å². The van der Waals surface area contributed by atoms with Crippen molar-refractivity contribution >= 4 is 11.6 Å². The van der Waals surface area contributed by atoms with Crippen molar-refractivity contribution in [1.82, 2.24) is 0 Å². The molecule has 3 heteroatoms. The summed E-state index contributed by atoms with van der Waals surface area (Å²) in [4.78, 5) is 0. The number of benzene rings is 1. The third kappa shape index (κ3) is 1.64. The Hall–Kier alpha value is -0.730. The number of aromatic hydroxyl groups is 1. The highest BCUT2D eigenvalue weighted by molar-refractivity contribution is 6.32. The Balaban J connectivity index is 2.43. The summed E-state index contributed by atoms with van der Waals surface area (Å²) in [6.07, 6.45) is 2.81. The molecule has 0 fully saturated rings. The minimum absolute atomic E-state index is 0.177. The minimum atomic E-state index is 0.177. The van der Waals surface area contributed by atoms with Gasteiger partial charge in [-0.05, 0) is 42.5 Å². The van der Waals surface area contributed by atoms with Gasteiger partial charge in [0.15, 0.2) is 0 Å². The number of phenols is 1. The standard InChI is InChI=1S/C10H12ClNO/c11-9-4-7-3-8(12)2-1-6(7)5-10(9)13/h4-5,8,13H,1-3,12H2. The van der Waals surface area contributed by atoms with Crippen LogP contribution in [0.3, 0.4) is 0 Å². The Morgan fingerprint density at radius 1 is 1.38 bits per heavy atom. The van der Waals surface area contributed by atoms with Crippen molar-refractivity contribution in [3.05, 3.63) is 28.3 Å². The molecule has 1 aliphatic rings. The summed E-state index contributed by atoms with van der Waals surface area (Å²) < 4.78 is 0. The molecule has 0 aliphatic heterocycles. The lowest BCUT2D eigenvalue weighted by atomic mass is 9.89. The van der Waals surface area contributed by atoms with Crippen LogP contribution in [0, 0.1) is 0 Å². The molecule has 0 amide bonds. The summed E-state index contributed by atoms with van der Waals surface area (Å²) in [6, 6.07) is 3.82. The van der Waals surface area contributed by atoms with Crippen molar-refractivity contribution in [2.75, 3.05) is 0 Å². The number of phenolic OH excluding ortho intramolecular Hbond substituents is 1. The van der Waals surface area contributed by atoms with E-state index in [2.05, 4.69) is 0 Å². The number of aryl methyl sites for hydroxylation is 1. The van der Waals surface area contributed by atoms with E-state index in [9.17, 15) is 5.11 Å². The zero-order valence-corrected chi connectivity index (χ0v) is 8.01. The van der Waals surface area contributed by atoms with Gasteiger partial charge in [-0.1, -0.05) is 11.6 Å². The van der Waals surface area contributed by atoms with Gasteiger partial charge in [-0.15, -0.1) is 0 Å². The first-order valence-electron chi connectivity index (χ1n) is 4.42. The van der Waals surface area contributed by atoms with Gasteiger partial charge in [0.05, 0.1) is 5.02 Å². The molecule has 0 spiro atoms. The fraction of sp³-hybridized carbons (Fsp3) is 0.400. The Labute approximate surface area is 82.3 Å². The molecule has 13 heavy (non-hydrogen) atoms. The smallest absolute Gasteiger partial charge is 0.134 e. The summed E-state index contributed by atoms with van der Waals surface area (Å²) in [7, 11) is 0. The topological polar surface area (TPSA) is 46.2 Å². The maximum Gasteiger partial charge on any atom is 0.134 e. The van der Waals surface area contributed by atoms with Crippen molar-refractivity contribution in [2.24, 2.45) is 5.73 Å². The number of rotatable bonds is 0. The fourth-order valence-electron chi connectivity index (χ4n) is 1.79. The molecule has 0 saturated heterocycles. The molecule has 0 heterocycles. The summed E-state index contributed by atoms with van der Waals surface area (Å²) in [5.41, 5.74) is 8.20. The van der Waals surface area contributed by atoms with E-state index in [0.717, 1.165) is 19.3 Å². The van der Waals surface area contributed by atoms with Gasteiger partial charge in [-0.3, -0.25) is 0 Å². The molecule has 1 aliphatic carbocycles. The number of nitrogens with two attached hydrogens (primary N) is 1. The molecular weight excluding hydrogens is 186 g/mol. The summed E-state index contributed by atoms with van der Waals surface area (Å²) in [5, 5.41) is 9.80. The first kappa shape index (κ1) is 8.85. The van der Waals surface area contributed by atoms with Crippen LogP contribution in [0.25, 0.3) is 0 Å². The second-order valence-corrected chi connectivity index (χ2v) is 3.98. The monoisotopic (exact) mass is 197 g/mol. The molecule has 2 nitrogen and oxygen atoms in total. The van der Waals surface area contributed by atoms with Crippen molar-refractivity contribution in [3.8, 4) is 5.75 Å². The largest absolute Gasteiger partial charge is 0.506 e. The molecule has 2 rings (SSSR count). The Kier molecular flexibility index (Phi) is 2.18. The minimum Gasteiger partial charge on any atom is -0.506 e. The first-order valence-corrected chi connectivity index (χ1v) is 4.80. The van der Waals surface area contributed by atoms with Crippen molar-refractivity contribution in [2.45, 2.75) is 25.3 Å². The predicted molar refractivity (Wildman–Crippen MR) is 53.1 cm³/mol. The van der Waals surface area contributed by atoms with Crippen LogP contribution in [0.4, 0.5) is 0 Å². The van der Waals surface area contributed by atoms with Gasteiger partial charge in [-0.2, -0.15) is 0 Å². The Morgan fingerprint density at radius 3 is 2.92 bits per heavy atom. The zero-order valence-electron chi connectivity index (χ0n) is 7.26. The summed E-state index contributed by atoms with van der Waals surface area (Å²) >= 11 is 5.80. The van der Waals surface area contributed by atoms with E-state index in [1.54, 1.807) is 6.07 Å².